The molecule has 0 fully saturated rings. The Kier molecular flexibility index (Phi) is 5.27. The van der Waals surface area contributed by atoms with Gasteiger partial charge in [-0.3, -0.25) is 0 Å². The van der Waals surface area contributed by atoms with Crippen molar-refractivity contribution in [3.05, 3.63) is 12.2 Å². The minimum absolute atomic E-state index is 0.550. The minimum Gasteiger partial charge on any atom is -0.0917 e. The maximum atomic E-state index is 2.36. The van der Waals surface area contributed by atoms with Gasteiger partial charge in [-0.15, -0.1) is 0 Å². The first-order chi connectivity index (χ1) is 5.12. The average molecular weight is 154 g/mol. The summed E-state index contributed by atoms with van der Waals surface area (Å²) in [6.45, 7) is 9.07. The molecule has 0 heteroatoms. The van der Waals surface area contributed by atoms with Gasteiger partial charge in [0.1, 0.15) is 0 Å². The maximum absolute atomic E-state index is 2.36. The van der Waals surface area contributed by atoms with Crippen LogP contribution in [-0.2, 0) is 0 Å². The first-order valence-electron chi connectivity index (χ1n) is 4.73. The Bertz CT molecular complexity index is 109. The van der Waals surface area contributed by atoms with Gasteiger partial charge in [0.15, 0.2) is 0 Å². The van der Waals surface area contributed by atoms with Crippen LogP contribution in [-0.4, -0.2) is 0 Å². The van der Waals surface area contributed by atoms with E-state index in [4.69, 9.17) is 0 Å². The Morgan fingerprint density at radius 3 is 2.27 bits per heavy atom. The van der Waals surface area contributed by atoms with Crippen molar-refractivity contribution in [2.75, 3.05) is 0 Å². The van der Waals surface area contributed by atoms with Crippen LogP contribution in [0.25, 0.3) is 0 Å². The molecule has 0 aliphatic carbocycles. The lowest BCUT2D eigenvalue weighted by Gasteiger charge is -2.22. The summed E-state index contributed by atoms with van der Waals surface area (Å²) in [6, 6.07) is 0. The summed E-state index contributed by atoms with van der Waals surface area (Å²) in [4.78, 5) is 0. The van der Waals surface area contributed by atoms with Crippen LogP contribution >= 0.6 is 0 Å². The van der Waals surface area contributed by atoms with Crippen LogP contribution in [0.5, 0.6) is 0 Å². The van der Waals surface area contributed by atoms with E-state index < -0.39 is 0 Å². The highest BCUT2D eigenvalue weighted by Gasteiger charge is 2.14. The number of hydrogen-bond donors (Lipinski definition) is 0. The molecule has 0 nitrogen and oxygen atoms in total. The van der Waals surface area contributed by atoms with Crippen LogP contribution in [0.3, 0.4) is 0 Å². The molecule has 0 aliphatic heterocycles. The van der Waals surface area contributed by atoms with Gasteiger partial charge in [0.25, 0.3) is 0 Å². The van der Waals surface area contributed by atoms with E-state index in [1.807, 2.05) is 0 Å². The molecule has 0 saturated heterocycles. The summed E-state index contributed by atoms with van der Waals surface area (Å²) in [5.41, 5.74) is 0.550. The lowest BCUT2D eigenvalue weighted by atomic mass is 9.83. The molecule has 0 aromatic heterocycles. The molecule has 0 atom stereocenters. The van der Waals surface area contributed by atoms with Crippen LogP contribution < -0.4 is 0 Å². The molecular weight excluding hydrogens is 132 g/mol. The lowest BCUT2D eigenvalue weighted by molar-refractivity contribution is 0.307. The van der Waals surface area contributed by atoms with Crippen LogP contribution in [0.1, 0.15) is 53.4 Å². The van der Waals surface area contributed by atoms with Gasteiger partial charge in [-0.2, -0.15) is 0 Å². The summed E-state index contributed by atoms with van der Waals surface area (Å²) in [6.07, 6.45) is 9.63. The van der Waals surface area contributed by atoms with Gasteiger partial charge in [-0.05, 0) is 31.6 Å². The van der Waals surface area contributed by atoms with Crippen LogP contribution in [0, 0.1) is 5.41 Å². The van der Waals surface area contributed by atoms with E-state index in [2.05, 4.69) is 39.8 Å². The molecule has 0 rings (SSSR count). The third kappa shape index (κ3) is 6.15. The average Bonchev–Trinajstić information content (AvgIpc) is 1.87. The van der Waals surface area contributed by atoms with Crippen molar-refractivity contribution in [3.8, 4) is 0 Å². The second kappa shape index (κ2) is 5.40. The Morgan fingerprint density at radius 1 is 1.18 bits per heavy atom. The molecule has 0 aromatic carbocycles. The number of allylic oxidation sites excluding steroid dienone is 2. The smallest absolute Gasteiger partial charge is 0.0346 e. The molecule has 0 spiro atoms. The van der Waals surface area contributed by atoms with Crippen molar-refractivity contribution in [2.45, 2.75) is 53.4 Å². The second-order valence-corrected chi connectivity index (χ2v) is 4.02. The lowest BCUT2D eigenvalue weighted by Crippen LogP contribution is -2.09. The zero-order chi connectivity index (χ0) is 8.74. The van der Waals surface area contributed by atoms with Crippen molar-refractivity contribution in [1.82, 2.24) is 0 Å². The van der Waals surface area contributed by atoms with Gasteiger partial charge in [-0.25, -0.2) is 0 Å². The molecule has 0 saturated carbocycles. The zero-order valence-corrected chi connectivity index (χ0v) is 8.48. The standard InChI is InChI=1S/C11H22/c1-5-7-8-10-11(3,4)9-6-2/h5,7H,6,8-10H2,1-4H3/b7-5-. The highest BCUT2D eigenvalue weighted by Crippen LogP contribution is 2.27. The maximum Gasteiger partial charge on any atom is -0.0346 e. The summed E-state index contributed by atoms with van der Waals surface area (Å²) >= 11 is 0. The van der Waals surface area contributed by atoms with E-state index in [-0.39, 0.29) is 0 Å². The van der Waals surface area contributed by atoms with Crippen molar-refractivity contribution in [3.63, 3.8) is 0 Å². The molecule has 11 heavy (non-hydrogen) atoms. The summed E-state index contributed by atoms with van der Waals surface area (Å²) in [5.74, 6) is 0. The molecule has 0 aliphatic rings. The van der Waals surface area contributed by atoms with Crippen molar-refractivity contribution in [1.29, 1.82) is 0 Å². The van der Waals surface area contributed by atoms with Crippen LogP contribution in [0.2, 0.25) is 0 Å². The van der Waals surface area contributed by atoms with Gasteiger partial charge in [0.05, 0.1) is 0 Å². The Labute approximate surface area is 71.7 Å². The third-order valence-electron chi connectivity index (χ3n) is 2.15. The molecule has 0 N–H and O–H groups in total. The van der Waals surface area contributed by atoms with Gasteiger partial charge >= 0.3 is 0 Å². The van der Waals surface area contributed by atoms with Crippen molar-refractivity contribution < 1.29 is 0 Å². The van der Waals surface area contributed by atoms with E-state index in [9.17, 15) is 0 Å². The highest BCUT2D eigenvalue weighted by atomic mass is 14.2. The van der Waals surface area contributed by atoms with Gasteiger partial charge in [-0.1, -0.05) is 39.3 Å². The zero-order valence-electron chi connectivity index (χ0n) is 8.48. The first kappa shape index (κ1) is 10.7. The van der Waals surface area contributed by atoms with Gasteiger partial charge in [0, 0.05) is 0 Å². The van der Waals surface area contributed by atoms with E-state index in [1.165, 1.54) is 25.7 Å². The number of hydrogen-bond acceptors (Lipinski definition) is 0. The van der Waals surface area contributed by atoms with E-state index >= 15 is 0 Å². The fraction of sp³-hybridized carbons (Fsp3) is 0.818. The quantitative estimate of drug-likeness (QED) is 0.521. The van der Waals surface area contributed by atoms with Crippen molar-refractivity contribution in [2.24, 2.45) is 5.41 Å². The first-order valence-corrected chi connectivity index (χ1v) is 4.73. The van der Waals surface area contributed by atoms with Crippen LogP contribution in [0.15, 0.2) is 12.2 Å². The summed E-state index contributed by atoms with van der Waals surface area (Å²) in [5, 5.41) is 0. The normalized spacial score (nSPS) is 12.7. The molecule has 0 amide bonds. The fourth-order valence-corrected chi connectivity index (χ4v) is 1.44. The number of rotatable bonds is 5. The Morgan fingerprint density at radius 2 is 1.82 bits per heavy atom. The largest absolute Gasteiger partial charge is 0.0917 e. The molecule has 0 bridgehead atoms. The van der Waals surface area contributed by atoms with Crippen molar-refractivity contribution >= 4 is 0 Å². The highest BCUT2D eigenvalue weighted by molar-refractivity contribution is 4.80. The van der Waals surface area contributed by atoms with Gasteiger partial charge < -0.3 is 0 Å². The molecule has 0 aromatic rings. The summed E-state index contributed by atoms with van der Waals surface area (Å²) < 4.78 is 0. The van der Waals surface area contributed by atoms with E-state index in [0.29, 0.717) is 5.41 Å². The predicted molar refractivity (Wildman–Crippen MR) is 52.7 cm³/mol. The SMILES string of the molecule is C/C=C\CCC(C)(C)CCC. The molecule has 0 unspecified atom stereocenters. The predicted octanol–water partition coefficient (Wildman–Crippen LogP) is 4.17. The van der Waals surface area contributed by atoms with Gasteiger partial charge in [0.2, 0.25) is 0 Å². The Hall–Kier alpha value is -0.260. The second-order valence-electron chi connectivity index (χ2n) is 4.02. The van der Waals surface area contributed by atoms with E-state index in [1.54, 1.807) is 0 Å². The monoisotopic (exact) mass is 154 g/mol. The minimum atomic E-state index is 0.550. The van der Waals surface area contributed by atoms with E-state index in [0.717, 1.165) is 0 Å². The molecular formula is C11H22. The third-order valence-corrected chi connectivity index (χ3v) is 2.15. The van der Waals surface area contributed by atoms with Crippen LogP contribution in [0.4, 0.5) is 0 Å². The molecule has 0 radical (unpaired) electrons. The molecule has 0 heterocycles. The Balaban J connectivity index is 3.54. The summed E-state index contributed by atoms with van der Waals surface area (Å²) in [7, 11) is 0. The molecule has 66 valence electrons. The topological polar surface area (TPSA) is 0 Å². The fourth-order valence-electron chi connectivity index (χ4n) is 1.44.